The normalized spacial score (nSPS) is 15.0. The van der Waals surface area contributed by atoms with E-state index < -0.39 is 29.7 Å². The minimum atomic E-state index is -4.92. The van der Waals surface area contributed by atoms with Gasteiger partial charge in [-0.2, -0.15) is 0 Å². The number of carbonyl (C=O) groups is 2. The van der Waals surface area contributed by atoms with E-state index in [4.69, 9.17) is 11.6 Å². The molecule has 9 heteroatoms. The van der Waals surface area contributed by atoms with Crippen LogP contribution in [0.1, 0.15) is 5.56 Å². The zero-order valence-corrected chi connectivity index (χ0v) is 13.5. The van der Waals surface area contributed by atoms with Crippen molar-refractivity contribution in [3.05, 3.63) is 64.9 Å². The Morgan fingerprint density at radius 1 is 1.00 bits per heavy atom. The molecule has 0 atom stereocenters. The number of anilines is 1. The molecule has 1 aliphatic heterocycles. The fourth-order valence-electron chi connectivity index (χ4n) is 2.45. The molecule has 0 unspecified atom stereocenters. The number of hydrogen-bond donors (Lipinski definition) is 1. The Morgan fingerprint density at radius 2 is 1.65 bits per heavy atom. The summed E-state index contributed by atoms with van der Waals surface area (Å²) >= 11 is 5.77. The van der Waals surface area contributed by atoms with E-state index in [9.17, 15) is 27.9 Å². The number of ether oxygens (including phenoxy) is 1. The number of nitrogens with zero attached hydrogens (tertiary/aromatic N) is 1. The van der Waals surface area contributed by atoms with E-state index in [0.29, 0.717) is 9.92 Å². The van der Waals surface area contributed by atoms with E-state index in [1.807, 2.05) is 0 Å². The molecule has 0 radical (unpaired) electrons. The highest BCUT2D eigenvalue weighted by molar-refractivity contribution is 6.45. The van der Waals surface area contributed by atoms with Gasteiger partial charge in [-0.15, -0.1) is 13.2 Å². The zero-order chi connectivity index (χ0) is 19.1. The van der Waals surface area contributed by atoms with Crippen molar-refractivity contribution in [2.75, 3.05) is 4.90 Å². The van der Waals surface area contributed by atoms with Crippen molar-refractivity contribution in [3.63, 3.8) is 0 Å². The van der Waals surface area contributed by atoms with Gasteiger partial charge in [-0.1, -0.05) is 29.8 Å². The van der Waals surface area contributed by atoms with Gasteiger partial charge >= 0.3 is 12.3 Å². The van der Waals surface area contributed by atoms with Crippen LogP contribution in [0, 0.1) is 0 Å². The lowest BCUT2D eigenvalue weighted by Crippen LogP contribution is -2.31. The van der Waals surface area contributed by atoms with Gasteiger partial charge in [0.2, 0.25) is 0 Å². The van der Waals surface area contributed by atoms with E-state index in [-0.39, 0.29) is 16.8 Å². The molecule has 26 heavy (non-hydrogen) atoms. The van der Waals surface area contributed by atoms with Crippen LogP contribution in [0.4, 0.5) is 18.9 Å². The highest BCUT2D eigenvalue weighted by Gasteiger charge is 2.40. The fraction of sp³-hybridized carbons (Fsp3) is 0.0588. The fourth-order valence-corrected chi connectivity index (χ4v) is 2.58. The Labute approximate surface area is 149 Å². The number of alkyl halides is 3. The number of aliphatic hydroxyl groups excluding tert-OH is 1. The van der Waals surface area contributed by atoms with Crippen molar-refractivity contribution in [2.24, 2.45) is 0 Å². The quantitative estimate of drug-likeness (QED) is 0.811. The number of halogens is 4. The molecule has 5 nitrogen and oxygen atoms in total. The van der Waals surface area contributed by atoms with Crippen LogP contribution in [-0.4, -0.2) is 23.3 Å². The molecule has 0 saturated heterocycles. The van der Waals surface area contributed by atoms with Crippen molar-refractivity contribution < 1.29 is 32.6 Å². The molecule has 0 fully saturated rings. The Bertz CT molecular complexity index is 922. The van der Waals surface area contributed by atoms with Crippen molar-refractivity contribution >= 4 is 34.7 Å². The first-order valence-corrected chi connectivity index (χ1v) is 7.49. The molecule has 0 bridgehead atoms. The number of rotatable bonds is 3. The number of benzene rings is 2. The largest absolute Gasteiger partial charge is 0.573 e. The Morgan fingerprint density at radius 3 is 2.27 bits per heavy atom. The minimum Gasteiger partial charge on any atom is -0.502 e. The van der Waals surface area contributed by atoms with Gasteiger partial charge in [0.1, 0.15) is 5.75 Å². The van der Waals surface area contributed by atoms with Gasteiger partial charge in [-0.3, -0.25) is 9.59 Å². The number of aliphatic hydroxyl groups is 1. The van der Waals surface area contributed by atoms with Gasteiger partial charge in [0.05, 0.1) is 11.3 Å². The van der Waals surface area contributed by atoms with Gasteiger partial charge < -0.3 is 9.84 Å². The summed E-state index contributed by atoms with van der Waals surface area (Å²) in [5.41, 5.74) is -0.193. The van der Waals surface area contributed by atoms with E-state index in [2.05, 4.69) is 4.74 Å². The molecule has 1 heterocycles. The average Bonchev–Trinajstić information content (AvgIpc) is 2.77. The smallest absolute Gasteiger partial charge is 0.502 e. The predicted octanol–water partition coefficient (Wildman–Crippen LogP) is 4.08. The molecule has 3 rings (SSSR count). The number of hydrogen-bond acceptors (Lipinski definition) is 4. The summed E-state index contributed by atoms with van der Waals surface area (Å²) in [6.07, 6.45) is -4.92. The standard InChI is InChI=1S/C17H9ClF3NO4/c18-10-6-4-9(5-7-10)13-14(23)16(25)22(15(13)24)11-2-1-3-12(8-11)26-17(19,20)21/h1-8,23H. The van der Waals surface area contributed by atoms with E-state index >= 15 is 0 Å². The predicted molar refractivity (Wildman–Crippen MR) is 86.6 cm³/mol. The third-order valence-corrected chi connectivity index (χ3v) is 3.75. The van der Waals surface area contributed by atoms with Crippen LogP contribution in [0.2, 0.25) is 5.02 Å². The van der Waals surface area contributed by atoms with Gasteiger partial charge in [-0.25, -0.2) is 4.90 Å². The van der Waals surface area contributed by atoms with Crippen LogP contribution in [0.5, 0.6) is 5.75 Å². The first-order valence-electron chi connectivity index (χ1n) is 7.11. The van der Waals surface area contributed by atoms with E-state index in [1.54, 1.807) is 0 Å². The van der Waals surface area contributed by atoms with Crippen molar-refractivity contribution in [3.8, 4) is 5.75 Å². The maximum Gasteiger partial charge on any atom is 0.573 e. The van der Waals surface area contributed by atoms with Crippen LogP contribution < -0.4 is 9.64 Å². The van der Waals surface area contributed by atoms with Crippen LogP contribution >= 0.6 is 11.6 Å². The van der Waals surface area contributed by atoms with Crippen LogP contribution in [0.15, 0.2) is 54.3 Å². The third-order valence-electron chi connectivity index (χ3n) is 3.50. The Hall–Kier alpha value is -3.00. The topological polar surface area (TPSA) is 66.8 Å². The van der Waals surface area contributed by atoms with Crippen molar-refractivity contribution in [1.29, 1.82) is 0 Å². The molecule has 1 N–H and O–H groups in total. The molecule has 2 amide bonds. The molecular formula is C17H9ClF3NO4. The molecule has 1 aliphatic rings. The molecule has 134 valence electrons. The number of amides is 2. The van der Waals surface area contributed by atoms with E-state index in [0.717, 1.165) is 12.1 Å². The number of imide groups is 1. The second kappa shape index (κ2) is 6.38. The second-order valence-electron chi connectivity index (χ2n) is 5.22. The maximum absolute atomic E-state index is 12.6. The maximum atomic E-state index is 12.6. The monoisotopic (exact) mass is 383 g/mol. The molecule has 2 aromatic rings. The summed E-state index contributed by atoms with van der Waals surface area (Å²) in [6.45, 7) is 0. The Kier molecular flexibility index (Phi) is 4.37. The van der Waals surface area contributed by atoms with Crippen LogP contribution in [0.3, 0.4) is 0 Å². The van der Waals surface area contributed by atoms with E-state index in [1.165, 1.54) is 36.4 Å². The lowest BCUT2D eigenvalue weighted by molar-refractivity contribution is -0.274. The van der Waals surface area contributed by atoms with Gasteiger partial charge in [0.15, 0.2) is 5.76 Å². The first-order chi connectivity index (χ1) is 12.2. The second-order valence-corrected chi connectivity index (χ2v) is 5.66. The third kappa shape index (κ3) is 3.36. The summed E-state index contributed by atoms with van der Waals surface area (Å²) in [7, 11) is 0. The highest BCUT2D eigenvalue weighted by atomic mass is 35.5. The lowest BCUT2D eigenvalue weighted by atomic mass is 10.1. The van der Waals surface area contributed by atoms with Gasteiger partial charge in [-0.05, 0) is 29.8 Å². The minimum absolute atomic E-state index is 0.169. The molecule has 0 aromatic heterocycles. The SMILES string of the molecule is O=C1C(O)=C(c2ccc(Cl)cc2)C(=O)N1c1cccc(OC(F)(F)F)c1. The van der Waals surface area contributed by atoms with Gasteiger partial charge in [0.25, 0.3) is 5.91 Å². The van der Waals surface area contributed by atoms with Crippen LogP contribution in [-0.2, 0) is 9.59 Å². The lowest BCUT2D eigenvalue weighted by Gasteiger charge is -2.16. The average molecular weight is 384 g/mol. The Balaban J connectivity index is 1.96. The van der Waals surface area contributed by atoms with Crippen molar-refractivity contribution in [1.82, 2.24) is 0 Å². The van der Waals surface area contributed by atoms with Crippen LogP contribution in [0.25, 0.3) is 5.57 Å². The van der Waals surface area contributed by atoms with Crippen molar-refractivity contribution in [2.45, 2.75) is 6.36 Å². The summed E-state index contributed by atoms with van der Waals surface area (Å²) in [4.78, 5) is 25.4. The molecule has 0 spiro atoms. The summed E-state index contributed by atoms with van der Waals surface area (Å²) < 4.78 is 40.8. The summed E-state index contributed by atoms with van der Waals surface area (Å²) in [6, 6.07) is 10.1. The first kappa shape index (κ1) is 17.8. The van der Waals surface area contributed by atoms with Gasteiger partial charge in [0, 0.05) is 11.1 Å². The molecule has 0 aliphatic carbocycles. The zero-order valence-electron chi connectivity index (χ0n) is 12.7. The number of carbonyl (C=O) groups excluding carboxylic acids is 2. The molecular weight excluding hydrogens is 375 g/mol. The molecule has 2 aromatic carbocycles. The highest BCUT2D eigenvalue weighted by Crippen LogP contribution is 2.34. The summed E-state index contributed by atoms with van der Waals surface area (Å²) in [5.74, 6) is -3.34. The molecule has 0 saturated carbocycles. The summed E-state index contributed by atoms with van der Waals surface area (Å²) in [5, 5.41) is 10.4.